The number of hydrogen-bond donors (Lipinski definition) is 0. The minimum absolute atomic E-state index is 0.146. The van der Waals surface area contributed by atoms with E-state index in [0.29, 0.717) is 6.42 Å². The van der Waals surface area contributed by atoms with Gasteiger partial charge in [-0.05, 0) is 24.1 Å². The summed E-state index contributed by atoms with van der Waals surface area (Å²) in [6, 6.07) is 7.83. The lowest BCUT2D eigenvalue weighted by molar-refractivity contribution is -0.131. The summed E-state index contributed by atoms with van der Waals surface area (Å²) in [5.41, 5.74) is 1.13. The molecule has 18 heavy (non-hydrogen) atoms. The third-order valence-electron chi connectivity index (χ3n) is 3.09. The van der Waals surface area contributed by atoms with Gasteiger partial charge in [0, 0.05) is 23.7 Å². The highest BCUT2D eigenvalue weighted by atomic mass is 35.5. The maximum atomic E-state index is 12.2. The maximum Gasteiger partial charge on any atom is 0.223 e. The van der Waals surface area contributed by atoms with Crippen LogP contribution in [0.3, 0.4) is 0 Å². The summed E-state index contributed by atoms with van der Waals surface area (Å²) in [6.45, 7) is 2.96. The van der Waals surface area contributed by atoms with E-state index in [1.807, 2.05) is 34.9 Å². The van der Waals surface area contributed by atoms with Crippen molar-refractivity contribution in [3.05, 3.63) is 34.9 Å². The van der Waals surface area contributed by atoms with E-state index in [1.165, 1.54) is 0 Å². The van der Waals surface area contributed by atoms with E-state index in [1.54, 1.807) is 0 Å². The summed E-state index contributed by atoms with van der Waals surface area (Å²) < 4.78 is 0. The summed E-state index contributed by atoms with van der Waals surface area (Å²) in [6.07, 6.45) is 2.70. The van der Waals surface area contributed by atoms with E-state index in [2.05, 4.69) is 13.0 Å². The molecule has 1 saturated heterocycles. The largest absolute Gasteiger partial charge is 0.326 e. The Morgan fingerprint density at radius 3 is 3.11 bits per heavy atom. The van der Waals surface area contributed by atoms with Crippen LogP contribution in [0.4, 0.5) is 0 Å². The molecule has 98 valence electrons. The van der Waals surface area contributed by atoms with Crippen molar-refractivity contribution in [2.75, 3.05) is 12.3 Å². The lowest BCUT2D eigenvalue weighted by Crippen LogP contribution is -2.30. The molecule has 2 nitrogen and oxygen atoms in total. The molecule has 0 bridgehead atoms. The summed E-state index contributed by atoms with van der Waals surface area (Å²) in [7, 11) is 0. The number of nitrogens with zero attached hydrogens (tertiary/aromatic N) is 1. The average Bonchev–Trinajstić information content (AvgIpc) is 2.85. The number of amides is 1. The van der Waals surface area contributed by atoms with Crippen LogP contribution in [0.1, 0.15) is 37.1 Å². The topological polar surface area (TPSA) is 20.3 Å². The zero-order valence-electron chi connectivity index (χ0n) is 10.6. The van der Waals surface area contributed by atoms with Crippen molar-refractivity contribution >= 4 is 29.3 Å². The number of carbonyl (C=O) groups excluding carboxylic acids is 1. The van der Waals surface area contributed by atoms with Crippen LogP contribution in [0.2, 0.25) is 5.02 Å². The van der Waals surface area contributed by atoms with Gasteiger partial charge in [-0.25, -0.2) is 0 Å². The summed E-state index contributed by atoms with van der Waals surface area (Å²) >= 11 is 7.84. The number of hydrogen-bond acceptors (Lipinski definition) is 2. The number of unbranched alkanes of at least 4 members (excludes halogenated alkanes) is 1. The molecule has 4 heteroatoms. The summed E-state index contributed by atoms with van der Waals surface area (Å²) in [4.78, 5) is 14.1. The molecule has 1 atom stereocenters. The first kappa shape index (κ1) is 13.8. The minimum Gasteiger partial charge on any atom is -0.326 e. The van der Waals surface area contributed by atoms with Gasteiger partial charge >= 0.3 is 0 Å². The standard InChI is InChI=1S/C14H18ClNOS/c1-2-3-7-13(17)16-8-9-18-14(16)11-5-4-6-12(15)10-11/h4-6,10,14H,2-3,7-9H2,1H3. The second kappa shape index (κ2) is 6.48. The Hall–Kier alpha value is -0.670. The smallest absolute Gasteiger partial charge is 0.223 e. The van der Waals surface area contributed by atoms with Gasteiger partial charge in [-0.3, -0.25) is 4.79 Å². The molecule has 0 N–H and O–H groups in total. The molecule has 0 radical (unpaired) electrons. The first-order chi connectivity index (χ1) is 8.72. The average molecular weight is 284 g/mol. The fraction of sp³-hybridized carbons (Fsp3) is 0.500. The molecule has 1 aliphatic heterocycles. The highest BCUT2D eigenvalue weighted by molar-refractivity contribution is 7.99. The summed E-state index contributed by atoms with van der Waals surface area (Å²) in [5, 5.41) is 0.883. The highest BCUT2D eigenvalue weighted by Gasteiger charge is 2.29. The van der Waals surface area contributed by atoms with Gasteiger partial charge in [0.1, 0.15) is 5.37 Å². The number of halogens is 1. The number of thioether (sulfide) groups is 1. The Kier molecular flexibility index (Phi) is 4.95. The molecule has 0 aliphatic carbocycles. The van der Waals surface area contributed by atoms with Crippen LogP contribution >= 0.6 is 23.4 Å². The van der Waals surface area contributed by atoms with Crippen molar-refractivity contribution < 1.29 is 4.79 Å². The van der Waals surface area contributed by atoms with Crippen LogP contribution in [0.25, 0.3) is 0 Å². The predicted molar refractivity (Wildman–Crippen MR) is 77.9 cm³/mol. The van der Waals surface area contributed by atoms with Gasteiger partial charge in [0.2, 0.25) is 5.91 Å². The third-order valence-corrected chi connectivity index (χ3v) is 4.59. The van der Waals surface area contributed by atoms with Gasteiger partial charge < -0.3 is 4.90 Å². The van der Waals surface area contributed by atoms with Crippen molar-refractivity contribution in [2.45, 2.75) is 31.6 Å². The zero-order chi connectivity index (χ0) is 13.0. The number of carbonyl (C=O) groups is 1. The monoisotopic (exact) mass is 283 g/mol. The Labute approximate surface area is 118 Å². The Morgan fingerprint density at radius 1 is 1.56 bits per heavy atom. The molecule has 1 aliphatic rings. The number of benzene rings is 1. The van der Waals surface area contributed by atoms with E-state index < -0.39 is 0 Å². The van der Waals surface area contributed by atoms with Gasteiger partial charge in [0.15, 0.2) is 0 Å². The van der Waals surface area contributed by atoms with Gasteiger partial charge in [-0.15, -0.1) is 11.8 Å². The fourth-order valence-corrected chi connectivity index (χ4v) is 3.60. The second-order valence-corrected chi connectivity index (χ2v) is 6.09. The minimum atomic E-state index is 0.146. The van der Waals surface area contributed by atoms with Crippen LogP contribution in [0, 0.1) is 0 Å². The molecule has 1 unspecified atom stereocenters. The first-order valence-electron chi connectivity index (χ1n) is 6.39. The van der Waals surface area contributed by atoms with E-state index in [0.717, 1.165) is 35.7 Å². The van der Waals surface area contributed by atoms with Crippen LogP contribution in [-0.2, 0) is 4.79 Å². The Morgan fingerprint density at radius 2 is 2.39 bits per heavy atom. The molecular formula is C14H18ClNOS. The molecule has 0 aromatic heterocycles. The van der Waals surface area contributed by atoms with Crippen LogP contribution in [-0.4, -0.2) is 23.1 Å². The lowest BCUT2D eigenvalue weighted by Gasteiger charge is -2.24. The molecule has 0 spiro atoms. The second-order valence-electron chi connectivity index (χ2n) is 4.47. The van der Waals surface area contributed by atoms with Gasteiger partial charge in [0.25, 0.3) is 0 Å². The fourth-order valence-electron chi connectivity index (χ4n) is 2.13. The molecule has 2 rings (SSSR count). The van der Waals surface area contributed by atoms with E-state index in [9.17, 15) is 4.79 Å². The maximum absolute atomic E-state index is 12.2. The molecule has 0 saturated carbocycles. The van der Waals surface area contributed by atoms with E-state index in [4.69, 9.17) is 11.6 Å². The van der Waals surface area contributed by atoms with Crippen molar-refractivity contribution in [3.8, 4) is 0 Å². The molecule has 1 heterocycles. The molecule has 1 amide bonds. The molecule has 1 aromatic carbocycles. The summed E-state index contributed by atoms with van der Waals surface area (Å²) in [5.74, 6) is 1.28. The van der Waals surface area contributed by atoms with Gasteiger partial charge in [0.05, 0.1) is 0 Å². The van der Waals surface area contributed by atoms with Crippen LogP contribution < -0.4 is 0 Å². The zero-order valence-corrected chi connectivity index (χ0v) is 12.1. The third kappa shape index (κ3) is 3.21. The van der Waals surface area contributed by atoms with E-state index >= 15 is 0 Å². The van der Waals surface area contributed by atoms with Crippen molar-refractivity contribution in [1.82, 2.24) is 4.90 Å². The lowest BCUT2D eigenvalue weighted by atomic mass is 10.2. The molecular weight excluding hydrogens is 266 g/mol. The molecule has 1 fully saturated rings. The molecule has 1 aromatic rings. The van der Waals surface area contributed by atoms with E-state index in [-0.39, 0.29) is 11.3 Å². The predicted octanol–water partition coefficient (Wildman–Crippen LogP) is 4.10. The first-order valence-corrected chi connectivity index (χ1v) is 7.81. The normalized spacial score (nSPS) is 19.2. The van der Waals surface area contributed by atoms with Gasteiger partial charge in [-0.1, -0.05) is 37.1 Å². The quantitative estimate of drug-likeness (QED) is 0.829. The van der Waals surface area contributed by atoms with Crippen molar-refractivity contribution in [2.24, 2.45) is 0 Å². The van der Waals surface area contributed by atoms with Crippen LogP contribution in [0.5, 0.6) is 0 Å². The van der Waals surface area contributed by atoms with Crippen LogP contribution in [0.15, 0.2) is 24.3 Å². The Balaban J connectivity index is 2.10. The van der Waals surface area contributed by atoms with Gasteiger partial charge in [-0.2, -0.15) is 0 Å². The highest BCUT2D eigenvalue weighted by Crippen LogP contribution is 2.38. The SMILES string of the molecule is CCCCC(=O)N1CCSC1c1cccc(Cl)c1. The Bertz CT molecular complexity index is 424. The number of rotatable bonds is 4. The van der Waals surface area contributed by atoms with Crippen molar-refractivity contribution in [3.63, 3.8) is 0 Å². The van der Waals surface area contributed by atoms with Crippen molar-refractivity contribution in [1.29, 1.82) is 0 Å².